The molecule has 196 valence electrons. The van der Waals surface area contributed by atoms with Gasteiger partial charge in [-0.15, -0.1) is 5.06 Å². The monoisotopic (exact) mass is 565 g/mol. The maximum atomic E-state index is 14.2. The zero-order valence-corrected chi connectivity index (χ0v) is 21.1. The normalized spacial score (nSPS) is 10.9. The fraction of sp³-hybridized carbons (Fsp3) is 0.120. The molecule has 0 aliphatic rings. The molecule has 0 N–H and O–H groups in total. The van der Waals surface area contributed by atoms with Crippen LogP contribution in [0.3, 0.4) is 0 Å². The molecule has 0 spiro atoms. The van der Waals surface area contributed by atoms with Crippen molar-refractivity contribution in [2.75, 3.05) is 5.06 Å². The number of carbonyl (C=O) groups is 2. The molecule has 0 saturated heterocycles. The van der Waals surface area contributed by atoms with Crippen molar-refractivity contribution in [3.63, 3.8) is 0 Å². The Kier molecular flexibility index (Phi) is 7.61. The van der Waals surface area contributed by atoms with Crippen LogP contribution < -0.4 is 15.4 Å². The van der Waals surface area contributed by atoms with Gasteiger partial charge in [-0.3, -0.25) is 9.59 Å². The summed E-state index contributed by atoms with van der Waals surface area (Å²) in [5.41, 5.74) is -0.717. The van der Waals surface area contributed by atoms with Gasteiger partial charge in [-0.2, -0.15) is 4.98 Å². The molecule has 4 aromatic rings. The highest BCUT2D eigenvalue weighted by atomic mass is 35.5. The van der Waals surface area contributed by atoms with Crippen molar-refractivity contribution in [2.45, 2.75) is 20.4 Å². The highest BCUT2D eigenvalue weighted by Crippen LogP contribution is 2.40. The Morgan fingerprint density at radius 1 is 1.00 bits per heavy atom. The molecule has 4 rings (SSSR count). The minimum Gasteiger partial charge on any atom is -0.454 e. The lowest BCUT2D eigenvalue weighted by molar-refractivity contribution is -0.147. The third-order valence-corrected chi connectivity index (χ3v) is 5.76. The van der Waals surface area contributed by atoms with Gasteiger partial charge in [-0.05, 0) is 30.3 Å². The molecule has 38 heavy (non-hydrogen) atoms. The van der Waals surface area contributed by atoms with Crippen LogP contribution in [0.5, 0.6) is 11.5 Å². The van der Waals surface area contributed by atoms with Crippen molar-refractivity contribution in [3.8, 4) is 11.5 Å². The van der Waals surface area contributed by atoms with Crippen molar-refractivity contribution >= 4 is 51.7 Å². The molecule has 13 heteroatoms. The number of nitrogens with zero attached hydrogens (tertiary/aromatic N) is 3. The van der Waals surface area contributed by atoms with Crippen LogP contribution >= 0.6 is 23.2 Å². The van der Waals surface area contributed by atoms with E-state index in [1.54, 1.807) is 0 Å². The lowest BCUT2D eigenvalue weighted by Crippen LogP contribution is -2.30. The standard InChI is InChI=1S/C25H16Cl2F3N3O5/c1-12(34)33(38-13(2)35)15-7-19(26)24(20(27)8-15)37-16-3-4-23-17(9-16)25(36)31-11-32(23)10-18-21(29)5-14(28)6-22(18)30/h3-9,11H,10H2,1-2H3. The molecule has 0 radical (unpaired) electrons. The van der Waals surface area contributed by atoms with Crippen LogP contribution in [-0.2, 0) is 21.0 Å². The Morgan fingerprint density at radius 2 is 1.63 bits per heavy atom. The van der Waals surface area contributed by atoms with Crippen LogP contribution in [0.1, 0.15) is 19.4 Å². The quantitative estimate of drug-likeness (QED) is 0.284. The van der Waals surface area contributed by atoms with Crippen molar-refractivity contribution in [3.05, 3.63) is 92.2 Å². The number of amides is 1. The summed E-state index contributed by atoms with van der Waals surface area (Å²) >= 11 is 12.6. The Morgan fingerprint density at radius 3 is 2.21 bits per heavy atom. The van der Waals surface area contributed by atoms with Crippen LogP contribution in [0, 0.1) is 17.5 Å². The number of fused-ring (bicyclic) bond motifs is 1. The summed E-state index contributed by atoms with van der Waals surface area (Å²) < 4.78 is 48.7. The SMILES string of the molecule is CC(=O)ON(C(C)=O)c1cc(Cl)c(Oc2ccc3c(c2)c(=O)ncn3Cc2c(F)cc(F)cc2F)c(Cl)c1. The molecular weight excluding hydrogens is 550 g/mol. The maximum Gasteiger partial charge on any atom is 0.330 e. The highest BCUT2D eigenvalue weighted by Gasteiger charge is 2.21. The van der Waals surface area contributed by atoms with Crippen LogP contribution in [0.2, 0.25) is 10.0 Å². The van der Waals surface area contributed by atoms with Gasteiger partial charge in [0.1, 0.15) is 23.2 Å². The molecule has 1 amide bonds. The van der Waals surface area contributed by atoms with Gasteiger partial charge < -0.3 is 14.1 Å². The topological polar surface area (TPSA) is 90.7 Å². The predicted octanol–water partition coefficient (Wildman–Crippen LogP) is 5.79. The fourth-order valence-electron chi connectivity index (χ4n) is 3.58. The first-order chi connectivity index (χ1) is 17.9. The lowest BCUT2D eigenvalue weighted by Gasteiger charge is -2.20. The van der Waals surface area contributed by atoms with Crippen LogP contribution in [0.15, 0.2) is 53.6 Å². The number of carbonyl (C=O) groups excluding carboxylic acids is 2. The number of hydroxylamine groups is 1. The van der Waals surface area contributed by atoms with Crippen molar-refractivity contribution in [1.82, 2.24) is 9.55 Å². The van der Waals surface area contributed by atoms with Gasteiger partial charge >= 0.3 is 5.97 Å². The van der Waals surface area contributed by atoms with E-state index in [0.717, 1.165) is 13.3 Å². The average molecular weight is 566 g/mol. The van der Waals surface area contributed by atoms with E-state index in [1.165, 1.54) is 41.8 Å². The fourth-order valence-corrected chi connectivity index (χ4v) is 4.13. The number of rotatable bonds is 5. The molecule has 1 heterocycles. The third kappa shape index (κ3) is 5.58. The average Bonchev–Trinajstić information content (AvgIpc) is 2.83. The Bertz CT molecular complexity index is 1620. The largest absolute Gasteiger partial charge is 0.454 e. The number of benzene rings is 3. The highest BCUT2D eigenvalue weighted by molar-refractivity contribution is 6.37. The Labute approximate surface area is 222 Å². The Hall–Kier alpha value is -4.09. The molecule has 8 nitrogen and oxygen atoms in total. The summed E-state index contributed by atoms with van der Waals surface area (Å²) in [6.45, 7) is 1.92. The van der Waals surface area contributed by atoms with Gasteiger partial charge in [-0.25, -0.2) is 18.0 Å². The van der Waals surface area contributed by atoms with Gasteiger partial charge in [0.05, 0.1) is 39.5 Å². The van der Waals surface area contributed by atoms with Crippen molar-refractivity contribution in [2.24, 2.45) is 0 Å². The first-order valence-electron chi connectivity index (χ1n) is 10.7. The van der Waals surface area contributed by atoms with Gasteiger partial charge in [0.2, 0.25) is 0 Å². The molecule has 0 aliphatic carbocycles. The predicted molar refractivity (Wildman–Crippen MR) is 133 cm³/mol. The first kappa shape index (κ1) is 27.0. The third-order valence-electron chi connectivity index (χ3n) is 5.20. The van der Waals surface area contributed by atoms with Gasteiger partial charge in [0, 0.05) is 31.5 Å². The molecule has 1 aromatic heterocycles. The van der Waals surface area contributed by atoms with E-state index in [4.69, 9.17) is 32.8 Å². The second-order valence-electron chi connectivity index (χ2n) is 7.94. The number of hydrogen-bond acceptors (Lipinski definition) is 6. The summed E-state index contributed by atoms with van der Waals surface area (Å²) in [6, 6.07) is 7.94. The summed E-state index contributed by atoms with van der Waals surface area (Å²) in [7, 11) is 0. The Balaban J connectivity index is 1.69. The molecule has 0 atom stereocenters. The zero-order valence-electron chi connectivity index (χ0n) is 19.6. The molecule has 0 saturated carbocycles. The van der Waals surface area contributed by atoms with E-state index in [1.807, 2.05) is 0 Å². The number of aromatic nitrogens is 2. The smallest absolute Gasteiger partial charge is 0.330 e. The minimum absolute atomic E-state index is 0.0255. The second kappa shape index (κ2) is 10.7. The van der Waals surface area contributed by atoms with E-state index in [9.17, 15) is 27.6 Å². The molecule has 0 fully saturated rings. The van der Waals surface area contributed by atoms with Gasteiger partial charge in [0.15, 0.2) is 5.75 Å². The van der Waals surface area contributed by atoms with E-state index >= 15 is 0 Å². The van der Waals surface area contributed by atoms with Crippen LogP contribution in [0.4, 0.5) is 18.9 Å². The lowest BCUT2D eigenvalue weighted by atomic mass is 10.1. The van der Waals surface area contributed by atoms with Crippen LogP contribution in [0.25, 0.3) is 10.9 Å². The summed E-state index contributed by atoms with van der Waals surface area (Å²) in [6.07, 6.45) is 1.11. The molecule has 0 bridgehead atoms. The number of hydrogen-bond donors (Lipinski definition) is 0. The van der Waals surface area contributed by atoms with E-state index in [-0.39, 0.29) is 44.7 Å². The molecular formula is C25H16Cl2F3N3O5. The van der Waals surface area contributed by atoms with E-state index < -0.39 is 40.5 Å². The van der Waals surface area contributed by atoms with Crippen LogP contribution in [-0.4, -0.2) is 21.4 Å². The minimum atomic E-state index is -1.08. The summed E-state index contributed by atoms with van der Waals surface area (Å²) in [5, 5.41) is 0.670. The number of anilines is 1. The second-order valence-corrected chi connectivity index (χ2v) is 8.76. The summed E-state index contributed by atoms with van der Waals surface area (Å²) in [5.74, 6) is -4.49. The first-order valence-corrected chi connectivity index (χ1v) is 11.5. The summed E-state index contributed by atoms with van der Waals surface area (Å²) in [4.78, 5) is 44.3. The molecule has 0 unspecified atom stereocenters. The number of halogens is 5. The molecule has 3 aromatic carbocycles. The maximum absolute atomic E-state index is 14.2. The van der Waals surface area contributed by atoms with Crippen molar-refractivity contribution in [1.29, 1.82) is 0 Å². The number of ether oxygens (including phenoxy) is 1. The van der Waals surface area contributed by atoms with E-state index in [0.29, 0.717) is 17.2 Å². The van der Waals surface area contributed by atoms with E-state index in [2.05, 4.69) is 4.98 Å². The van der Waals surface area contributed by atoms with Crippen molar-refractivity contribution < 1.29 is 32.3 Å². The van der Waals surface area contributed by atoms with Gasteiger partial charge in [-0.1, -0.05) is 23.2 Å². The molecule has 0 aliphatic heterocycles. The zero-order chi connectivity index (χ0) is 27.7. The van der Waals surface area contributed by atoms with Gasteiger partial charge in [0.25, 0.3) is 11.5 Å².